The first-order chi connectivity index (χ1) is 15.0. The van der Waals surface area contributed by atoms with Gasteiger partial charge in [0.05, 0.1) is 6.10 Å². The summed E-state index contributed by atoms with van der Waals surface area (Å²) in [6, 6.07) is 9.64. The Kier molecular flexibility index (Phi) is 8.85. The second-order valence-electron chi connectivity index (χ2n) is 8.44. The lowest BCUT2D eigenvalue weighted by Crippen LogP contribution is -2.24. The van der Waals surface area contributed by atoms with Gasteiger partial charge in [-0.1, -0.05) is 42.5 Å². The van der Waals surface area contributed by atoms with E-state index in [1.165, 1.54) is 0 Å². The largest absolute Gasteiger partial charge is 0.491 e. The zero-order valence-corrected chi connectivity index (χ0v) is 17.9. The average molecular weight is 428 g/mol. The lowest BCUT2D eigenvalue weighted by atomic mass is 9.90. The third-order valence-electron chi connectivity index (χ3n) is 5.73. The van der Waals surface area contributed by atoms with Crippen LogP contribution in [0.4, 0.5) is 0 Å². The van der Waals surface area contributed by atoms with Gasteiger partial charge in [0, 0.05) is 30.7 Å². The van der Waals surface area contributed by atoms with Crippen molar-refractivity contribution in [3.05, 3.63) is 54.6 Å². The van der Waals surface area contributed by atoms with E-state index in [0.717, 1.165) is 25.7 Å². The van der Waals surface area contributed by atoms with Gasteiger partial charge < -0.3 is 20.3 Å². The van der Waals surface area contributed by atoms with Gasteiger partial charge in [-0.25, -0.2) is 0 Å². The molecule has 0 aliphatic heterocycles. The summed E-state index contributed by atoms with van der Waals surface area (Å²) in [4.78, 5) is 24.0. The third kappa shape index (κ3) is 7.96. The molecule has 0 bridgehead atoms. The van der Waals surface area contributed by atoms with Crippen LogP contribution in [0.1, 0.15) is 44.9 Å². The highest BCUT2D eigenvalue weighted by molar-refractivity contribution is 5.86. The molecule has 1 aromatic carbocycles. The van der Waals surface area contributed by atoms with Gasteiger partial charge in [-0.05, 0) is 44.2 Å². The summed E-state index contributed by atoms with van der Waals surface area (Å²) in [6.07, 6.45) is 10.8. The Bertz CT molecular complexity index is 771. The number of carbonyl (C=O) groups is 2. The molecule has 2 saturated carbocycles. The van der Waals surface area contributed by atoms with E-state index in [-0.39, 0.29) is 30.6 Å². The van der Waals surface area contributed by atoms with Crippen molar-refractivity contribution < 1.29 is 24.5 Å². The zero-order valence-electron chi connectivity index (χ0n) is 17.9. The molecule has 4 atom stereocenters. The van der Waals surface area contributed by atoms with E-state index < -0.39 is 18.1 Å². The Hall–Kier alpha value is -2.44. The van der Waals surface area contributed by atoms with Crippen LogP contribution in [-0.2, 0) is 9.59 Å². The van der Waals surface area contributed by atoms with Crippen LogP contribution in [0.25, 0.3) is 0 Å². The molecule has 6 heteroatoms. The van der Waals surface area contributed by atoms with Crippen LogP contribution in [0.3, 0.4) is 0 Å². The van der Waals surface area contributed by atoms with Gasteiger partial charge in [0.25, 0.3) is 0 Å². The molecule has 0 radical (unpaired) electrons. The van der Waals surface area contributed by atoms with Crippen molar-refractivity contribution in [1.82, 2.24) is 5.32 Å². The fourth-order valence-corrected chi connectivity index (χ4v) is 3.81. The Labute approximate surface area is 184 Å². The monoisotopic (exact) mass is 427 g/mol. The lowest BCUT2D eigenvalue weighted by molar-refractivity contribution is -0.121. The maximum Gasteiger partial charge on any atom is 0.220 e. The number of ketones is 1. The van der Waals surface area contributed by atoms with Gasteiger partial charge in [-0.3, -0.25) is 9.59 Å². The van der Waals surface area contributed by atoms with Crippen molar-refractivity contribution in [3.8, 4) is 5.75 Å². The van der Waals surface area contributed by atoms with E-state index in [0.29, 0.717) is 24.6 Å². The quantitative estimate of drug-likeness (QED) is 0.352. The van der Waals surface area contributed by atoms with Gasteiger partial charge in [-0.15, -0.1) is 0 Å². The van der Waals surface area contributed by atoms with Crippen molar-refractivity contribution in [2.45, 2.75) is 63.2 Å². The van der Waals surface area contributed by atoms with Crippen LogP contribution in [0, 0.1) is 11.8 Å². The molecule has 2 aliphatic rings. The standard InChI is InChI=1S/C25H33NO5/c27-19(17-31-20-8-4-3-5-9-20)14-15-22-21(23(28)16-24(22)29)10-6-1-2-7-11-25(30)26-18-12-13-18/h1,3-6,8-9,14-15,18-19,21-23,27-28H,2,7,10-13,16-17H2,(H,26,30)/b6-1-,15-14+/t19?,21?,22?,23-/m0/s1. The molecule has 0 spiro atoms. The van der Waals surface area contributed by atoms with Crippen LogP contribution in [0.15, 0.2) is 54.6 Å². The number of nitrogens with one attached hydrogen (secondary N) is 1. The second-order valence-corrected chi connectivity index (χ2v) is 8.44. The average Bonchev–Trinajstić information content (AvgIpc) is 3.52. The topological polar surface area (TPSA) is 95.9 Å². The van der Waals surface area contributed by atoms with Crippen LogP contribution < -0.4 is 10.1 Å². The van der Waals surface area contributed by atoms with Gasteiger partial charge in [0.15, 0.2) is 0 Å². The molecular weight excluding hydrogens is 394 g/mol. The summed E-state index contributed by atoms with van der Waals surface area (Å²) >= 11 is 0. The summed E-state index contributed by atoms with van der Waals surface area (Å²) in [5.41, 5.74) is 0. The second kappa shape index (κ2) is 11.8. The van der Waals surface area contributed by atoms with Crippen molar-refractivity contribution >= 4 is 11.7 Å². The highest BCUT2D eigenvalue weighted by Gasteiger charge is 2.39. The van der Waals surface area contributed by atoms with E-state index in [1.807, 2.05) is 42.5 Å². The number of Topliss-reactive ketones (excluding diaryl/α,β-unsaturated/α-hetero) is 1. The molecule has 0 heterocycles. The molecule has 168 valence electrons. The minimum Gasteiger partial charge on any atom is -0.491 e. The molecule has 6 nitrogen and oxygen atoms in total. The fourth-order valence-electron chi connectivity index (χ4n) is 3.81. The molecule has 31 heavy (non-hydrogen) atoms. The molecule has 2 aliphatic carbocycles. The summed E-state index contributed by atoms with van der Waals surface area (Å²) in [6.45, 7) is 0.100. The molecule has 3 N–H and O–H groups in total. The van der Waals surface area contributed by atoms with Crippen LogP contribution >= 0.6 is 0 Å². The third-order valence-corrected chi connectivity index (χ3v) is 5.73. The molecule has 1 amide bonds. The van der Waals surface area contributed by atoms with E-state index in [4.69, 9.17) is 4.74 Å². The highest BCUT2D eigenvalue weighted by atomic mass is 16.5. The van der Waals surface area contributed by atoms with Gasteiger partial charge in [0.1, 0.15) is 24.2 Å². The first-order valence-corrected chi connectivity index (χ1v) is 11.2. The van der Waals surface area contributed by atoms with Crippen molar-refractivity contribution in [3.63, 3.8) is 0 Å². The Balaban J connectivity index is 1.40. The fraction of sp³-hybridized carbons (Fsp3) is 0.520. The predicted octanol–water partition coefficient (Wildman–Crippen LogP) is 2.94. The number of amides is 1. The van der Waals surface area contributed by atoms with E-state index in [2.05, 4.69) is 5.32 Å². The van der Waals surface area contributed by atoms with Crippen LogP contribution in [0.5, 0.6) is 5.75 Å². The van der Waals surface area contributed by atoms with E-state index in [9.17, 15) is 19.8 Å². The number of para-hydroxylation sites is 1. The number of aliphatic hydroxyl groups is 2. The molecule has 1 aromatic rings. The molecule has 2 fully saturated rings. The number of carbonyl (C=O) groups excluding carboxylic acids is 2. The predicted molar refractivity (Wildman–Crippen MR) is 118 cm³/mol. The number of unbranched alkanes of at least 4 members (excludes halogenated alkanes) is 1. The van der Waals surface area contributed by atoms with Crippen molar-refractivity contribution in [2.75, 3.05) is 6.61 Å². The molecule has 0 saturated heterocycles. The number of hydrogen-bond acceptors (Lipinski definition) is 5. The smallest absolute Gasteiger partial charge is 0.220 e. The maximum atomic E-state index is 12.3. The number of aliphatic hydroxyl groups excluding tert-OH is 2. The summed E-state index contributed by atoms with van der Waals surface area (Å²) in [5, 5.41) is 23.4. The van der Waals surface area contributed by atoms with Crippen molar-refractivity contribution in [1.29, 1.82) is 0 Å². The van der Waals surface area contributed by atoms with Gasteiger partial charge >= 0.3 is 0 Å². The SMILES string of the molecule is O=C(CCC/C=C\CC1C(/C=C/C(O)COc2ccccc2)C(=O)C[C@@H]1O)NC1CC1. The number of allylic oxidation sites excluding steroid dienone is 3. The first-order valence-electron chi connectivity index (χ1n) is 11.2. The lowest BCUT2D eigenvalue weighted by Gasteiger charge is -2.17. The first kappa shape index (κ1) is 23.2. The number of rotatable bonds is 12. The number of benzene rings is 1. The summed E-state index contributed by atoms with van der Waals surface area (Å²) in [7, 11) is 0. The van der Waals surface area contributed by atoms with Crippen LogP contribution in [0.2, 0.25) is 0 Å². The highest BCUT2D eigenvalue weighted by Crippen LogP contribution is 2.33. The van der Waals surface area contributed by atoms with Crippen molar-refractivity contribution in [2.24, 2.45) is 11.8 Å². The number of ether oxygens (including phenoxy) is 1. The maximum absolute atomic E-state index is 12.3. The minimum absolute atomic E-state index is 0.00456. The van der Waals surface area contributed by atoms with E-state index in [1.54, 1.807) is 12.2 Å². The Morgan fingerprint density at radius 1 is 1.23 bits per heavy atom. The normalized spacial score (nSPS) is 24.7. The molecule has 0 aromatic heterocycles. The molecule has 3 unspecified atom stereocenters. The van der Waals surface area contributed by atoms with Gasteiger partial charge in [-0.2, -0.15) is 0 Å². The van der Waals surface area contributed by atoms with Gasteiger partial charge in [0.2, 0.25) is 5.91 Å². The van der Waals surface area contributed by atoms with Crippen LogP contribution in [-0.4, -0.2) is 46.8 Å². The zero-order chi connectivity index (χ0) is 22.1. The molecular formula is C25H33NO5. The minimum atomic E-state index is -0.830. The van der Waals surface area contributed by atoms with E-state index >= 15 is 0 Å². The molecule has 3 rings (SSSR count). The Morgan fingerprint density at radius 2 is 2.00 bits per heavy atom. The summed E-state index contributed by atoms with van der Waals surface area (Å²) < 4.78 is 5.53. The number of hydrogen-bond donors (Lipinski definition) is 3. The Morgan fingerprint density at radius 3 is 2.74 bits per heavy atom. The summed E-state index contributed by atoms with van der Waals surface area (Å²) in [5.74, 6) is 0.189.